The molecule has 5 N–H and O–H groups in total. The lowest BCUT2D eigenvalue weighted by atomic mass is 9.82. The van der Waals surface area contributed by atoms with Gasteiger partial charge in [-0.2, -0.15) is 13.2 Å². The molecule has 1 rings (SSSR count). The van der Waals surface area contributed by atoms with Crippen molar-refractivity contribution in [2.24, 2.45) is 11.8 Å². The highest BCUT2D eigenvalue weighted by atomic mass is 32.2. The van der Waals surface area contributed by atoms with Gasteiger partial charge in [0.1, 0.15) is 12.1 Å². The van der Waals surface area contributed by atoms with Crippen molar-refractivity contribution in [3.63, 3.8) is 0 Å². The van der Waals surface area contributed by atoms with Crippen molar-refractivity contribution in [1.29, 1.82) is 0 Å². The molecule has 0 saturated heterocycles. The van der Waals surface area contributed by atoms with Gasteiger partial charge >= 0.3 is 6.18 Å². The number of terminal acetylenes is 1. The quantitative estimate of drug-likeness (QED) is 0.120. The minimum absolute atomic E-state index is 0.0724. The number of sulfone groups is 1. The van der Waals surface area contributed by atoms with Gasteiger partial charge in [-0.3, -0.25) is 9.59 Å². The number of hydrogen-bond donors (Lipinski definition) is 5. The van der Waals surface area contributed by atoms with E-state index in [0.29, 0.717) is 12.8 Å². The Hall–Kier alpha value is -1.88. The molecule has 0 bridgehead atoms. The van der Waals surface area contributed by atoms with Crippen molar-refractivity contribution < 1.29 is 41.4 Å². The van der Waals surface area contributed by atoms with Gasteiger partial charge in [-0.25, -0.2) is 8.42 Å². The largest absolute Gasteiger partial charge is 0.401 e. The van der Waals surface area contributed by atoms with Crippen molar-refractivity contribution in [3.8, 4) is 12.3 Å². The average Bonchev–Trinajstić information content (AvgIpc) is 2.86. The maximum absolute atomic E-state index is 13.2. The first-order valence-electron chi connectivity index (χ1n) is 14.0. The number of carbonyl (C=O) groups excluding carboxylic acids is 2. The maximum Gasteiger partial charge on any atom is 0.401 e. The smallest absolute Gasteiger partial charge is 0.390 e. The van der Waals surface area contributed by atoms with Crippen LogP contribution in [0, 0.1) is 24.2 Å². The molecule has 0 aromatic rings. The monoisotopic (exact) mass is 597 g/mol. The Balaban J connectivity index is 2.81. The van der Waals surface area contributed by atoms with Crippen LogP contribution in [0.5, 0.6) is 0 Å². The van der Waals surface area contributed by atoms with Crippen molar-refractivity contribution in [3.05, 3.63) is 0 Å². The first-order chi connectivity index (χ1) is 18.6. The first kappa shape index (κ1) is 36.1. The van der Waals surface area contributed by atoms with Crippen LogP contribution in [0.3, 0.4) is 0 Å². The summed E-state index contributed by atoms with van der Waals surface area (Å²) < 4.78 is 60.9. The van der Waals surface area contributed by atoms with E-state index in [0.717, 1.165) is 32.1 Å². The molecule has 40 heavy (non-hydrogen) atoms. The second-order valence-corrected chi connectivity index (χ2v) is 13.4. The third-order valence-corrected chi connectivity index (χ3v) is 8.60. The number of rotatable bonds is 18. The molecule has 1 aliphatic rings. The zero-order valence-corrected chi connectivity index (χ0v) is 24.3. The normalized spacial score (nSPS) is 18.0. The first-order valence-corrected chi connectivity index (χ1v) is 15.8. The number of aliphatic hydroxyl groups is 2. The Morgan fingerprint density at radius 3 is 2.30 bits per heavy atom. The van der Waals surface area contributed by atoms with Crippen molar-refractivity contribution >= 4 is 21.7 Å². The fourth-order valence-corrected chi connectivity index (χ4v) is 5.97. The molecule has 0 spiro atoms. The molecule has 0 aromatic heterocycles. The molecule has 0 aliphatic heterocycles. The summed E-state index contributed by atoms with van der Waals surface area (Å²) in [6, 6.07) is -1.85. The van der Waals surface area contributed by atoms with Gasteiger partial charge in [-0.15, -0.1) is 12.3 Å². The van der Waals surface area contributed by atoms with Gasteiger partial charge < -0.3 is 26.2 Å². The lowest BCUT2D eigenvalue weighted by Gasteiger charge is -2.33. The molecular weight excluding hydrogens is 551 g/mol. The molecule has 232 valence electrons. The number of aliphatic hydroxyl groups excluding tert-OH is 2. The van der Waals surface area contributed by atoms with Crippen molar-refractivity contribution in [2.45, 2.75) is 109 Å². The van der Waals surface area contributed by atoms with E-state index < -0.39 is 83.1 Å². The van der Waals surface area contributed by atoms with Crippen LogP contribution in [-0.2, 0) is 19.4 Å². The van der Waals surface area contributed by atoms with E-state index in [-0.39, 0.29) is 24.7 Å². The number of carbonyl (C=O) groups is 2. The lowest BCUT2D eigenvalue weighted by molar-refractivity contribution is -0.130. The highest BCUT2D eigenvalue weighted by Crippen LogP contribution is 2.29. The van der Waals surface area contributed by atoms with Crippen LogP contribution < -0.4 is 16.0 Å². The van der Waals surface area contributed by atoms with Crippen LogP contribution in [0.4, 0.5) is 13.2 Å². The Morgan fingerprint density at radius 1 is 1.07 bits per heavy atom. The van der Waals surface area contributed by atoms with Crippen molar-refractivity contribution in [2.75, 3.05) is 24.6 Å². The molecule has 4 atom stereocenters. The summed E-state index contributed by atoms with van der Waals surface area (Å²) >= 11 is 0. The summed E-state index contributed by atoms with van der Waals surface area (Å²) in [6.07, 6.45) is 4.31. The molecule has 1 aliphatic carbocycles. The van der Waals surface area contributed by atoms with Gasteiger partial charge in [0.2, 0.25) is 11.8 Å². The minimum atomic E-state index is -4.46. The fourth-order valence-electron chi connectivity index (χ4n) is 4.81. The average molecular weight is 598 g/mol. The predicted molar refractivity (Wildman–Crippen MR) is 147 cm³/mol. The van der Waals surface area contributed by atoms with E-state index in [1.54, 1.807) is 0 Å². The third-order valence-electron chi connectivity index (χ3n) is 6.94. The molecular formula is C27H46F3N3O6S. The van der Waals surface area contributed by atoms with E-state index in [1.807, 2.05) is 19.2 Å². The number of nitrogens with one attached hydrogen (secondary N) is 3. The van der Waals surface area contributed by atoms with Crippen molar-refractivity contribution in [1.82, 2.24) is 16.0 Å². The Kier molecular flexibility index (Phi) is 16.1. The fraction of sp³-hybridized carbons (Fsp3) is 0.852. The number of alkyl halides is 3. The van der Waals surface area contributed by atoms with Crippen LogP contribution in [-0.4, -0.2) is 85.5 Å². The molecule has 9 nitrogen and oxygen atoms in total. The van der Waals surface area contributed by atoms with Gasteiger partial charge in [0.25, 0.3) is 0 Å². The molecule has 13 heteroatoms. The Bertz CT molecular complexity index is 917. The van der Waals surface area contributed by atoms with E-state index in [2.05, 4.69) is 16.6 Å². The van der Waals surface area contributed by atoms with Gasteiger partial charge in [-0.05, 0) is 31.1 Å². The number of hydrogen-bond acceptors (Lipinski definition) is 7. The summed E-state index contributed by atoms with van der Waals surface area (Å²) in [5.41, 5.74) is 0. The molecule has 0 unspecified atom stereocenters. The number of amides is 2. The minimum Gasteiger partial charge on any atom is -0.390 e. The number of halogens is 3. The lowest BCUT2D eigenvalue weighted by Crippen LogP contribution is -2.55. The van der Waals surface area contributed by atoms with Crippen LogP contribution in [0.15, 0.2) is 0 Å². The van der Waals surface area contributed by atoms with E-state index >= 15 is 0 Å². The van der Waals surface area contributed by atoms with Crippen LogP contribution in [0.2, 0.25) is 0 Å². The summed E-state index contributed by atoms with van der Waals surface area (Å²) in [4.78, 5) is 25.8. The van der Waals surface area contributed by atoms with E-state index in [4.69, 9.17) is 6.42 Å². The highest BCUT2D eigenvalue weighted by molar-refractivity contribution is 7.91. The topological polar surface area (TPSA) is 145 Å². The molecule has 0 aromatic carbocycles. The molecule has 0 radical (unpaired) electrons. The van der Waals surface area contributed by atoms with Crippen LogP contribution in [0.25, 0.3) is 0 Å². The summed E-state index contributed by atoms with van der Waals surface area (Å²) in [5.74, 6) is 0.297. The molecule has 1 fully saturated rings. The SMILES string of the molecule is C#CCC[C@H](NC(=O)CCS(=O)(=O)CCNCC(F)(F)F)C(=O)N[C@@H](CC1CCCCC1)[C@@H](O)[C@@H](O)CC(C)C. The van der Waals surface area contributed by atoms with Gasteiger partial charge in [0.05, 0.1) is 30.2 Å². The summed E-state index contributed by atoms with van der Waals surface area (Å²) in [5, 5.41) is 28.8. The molecule has 1 saturated carbocycles. The zero-order chi connectivity index (χ0) is 30.3. The van der Waals surface area contributed by atoms with Crippen LogP contribution in [0.1, 0.15) is 78.1 Å². The third kappa shape index (κ3) is 15.8. The molecule has 0 heterocycles. The Morgan fingerprint density at radius 2 is 1.73 bits per heavy atom. The van der Waals surface area contributed by atoms with Gasteiger partial charge in [-0.1, -0.05) is 46.0 Å². The predicted octanol–water partition coefficient (Wildman–Crippen LogP) is 2.06. The van der Waals surface area contributed by atoms with Crippen LogP contribution >= 0.6 is 0 Å². The second kappa shape index (κ2) is 17.8. The summed E-state index contributed by atoms with van der Waals surface area (Å²) in [7, 11) is -3.82. The standard InChI is InChI=1S/C27H46F3N3O6S/c1-4-5-11-21(32-24(35)12-14-40(38,39)15-13-31-18-27(28,29)30)26(37)33-22(17-20-9-7-6-8-10-20)25(36)23(34)16-19(2)3/h1,19-23,25,31,34,36H,5-18H2,2-3H3,(H,32,35)(H,33,37)/t21-,22-,23-,25+/m0/s1. The van der Waals surface area contributed by atoms with E-state index in [1.165, 1.54) is 0 Å². The van der Waals surface area contributed by atoms with E-state index in [9.17, 15) is 41.4 Å². The maximum atomic E-state index is 13.2. The second-order valence-electron chi connectivity index (χ2n) is 11.1. The Labute approximate surface area is 236 Å². The van der Waals surface area contributed by atoms with Gasteiger partial charge in [0, 0.05) is 19.4 Å². The van der Waals surface area contributed by atoms with Gasteiger partial charge in [0.15, 0.2) is 9.84 Å². The zero-order valence-electron chi connectivity index (χ0n) is 23.5. The summed E-state index contributed by atoms with van der Waals surface area (Å²) in [6.45, 7) is 2.09. The highest BCUT2D eigenvalue weighted by Gasteiger charge is 2.33. The molecule has 2 amide bonds.